The molecule has 1 fully saturated rings. The molecule has 0 aromatic heterocycles. The van der Waals surface area contributed by atoms with E-state index in [1.54, 1.807) is 4.90 Å². The van der Waals surface area contributed by atoms with Crippen LogP contribution >= 0.6 is 0 Å². The highest BCUT2D eigenvalue weighted by molar-refractivity contribution is 5.98. The summed E-state index contributed by atoms with van der Waals surface area (Å²) in [6.07, 6.45) is 4.61. The second-order valence-corrected chi connectivity index (χ2v) is 8.20. The first-order chi connectivity index (χ1) is 15.2. The molecule has 2 aromatic carbocycles. The highest BCUT2D eigenvalue weighted by Crippen LogP contribution is 2.34. The minimum atomic E-state index is -0.116. The van der Waals surface area contributed by atoms with E-state index in [-0.39, 0.29) is 37.7 Å². The molecule has 31 heavy (non-hydrogen) atoms. The zero-order chi connectivity index (χ0) is 21.2. The number of fused-ring (bicyclic) bond motifs is 2. The summed E-state index contributed by atoms with van der Waals surface area (Å²) in [4.78, 5) is 29.4. The molecule has 0 unspecified atom stereocenters. The van der Waals surface area contributed by atoms with E-state index >= 15 is 0 Å². The van der Waals surface area contributed by atoms with Crippen LogP contribution in [0, 0.1) is 0 Å². The van der Waals surface area contributed by atoms with Crippen LogP contribution in [0.2, 0.25) is 0 Å². The molecule has 2 aliphatic heterocycles. The van der Waals surface area contributed by atoms with Crippen molar-refractivity contribution >= 4 is 17.5 Å². The summed E-state index contributed by atoms with van der Waals surface area (Å²) in [5, 5.41) is 0. The Kier molecular flexibility index (Phi) is 5.40. The van der Waals surface area contributed by atoms with Crippen LogP contribution in [0.25, 0.3) is 0 Å². The number of nitrogens with zero attached hydrogens (tertiary/aromatic N) is 2. The van der Waals surface area contributed by atoms with E-state index < -0.39 is 0 Å². The van der Waals surface area contributed by atoms with E-state index in [9.17, 15) is 9.59 Å². The van der Waals surface area contributed by atoms with Crippen molar-refractivity contribution in [1.29, 1.82) is 0 Å². The fourth-order valence-electron chi connectivity index (χ4n) is 4.62. The maximum absolute atomic E-state index is 13.3. The van der Waals surface area contributed by atoms with E-state index in [0.29, 0.717) is 18.8 Å². The lowest BCUT2D eigenvalue weighted by atomic mass is 10.1. The van der Waals surface area contributed by atoms with Crippen molar-refractivity contribution < 1.29 is 23.8 Å². The van der Waals surface area contributed by atoms with Crippen LogP contribution in [0.4, 0.5) is 5.69 Å². The molecular formula is C24H26N2O5. The number of ether oxygens (including phenoxy) is 3. The van der Waals surface area contributed by atoms with Crippen molar-refractivity contribution in [2.75, 3.05) is 24.8 Å². The molecule has 2 aromatic rings. The molecule has 162 valence electrons. The van der Waals surface area contributed by atoms with Gasteiger partial charge in [0, 0.05) is 25.6 Å². The second-order valence-electron chi connectivity index (χ2n) is 8.20. The van der Waals surface area contributed by atoms with Crippen LogP contribution in [0.15, 0.2) is 42.5 Å². The fourth-order valence-corrected chi connectivity index (χ4v) is 4.62. The SMILES string of the molecule is O=C1COc2ccccc2N1CCC(=O)N(Cc1ccc2c(c1)OCO2)C1CCCC1. The third kappa shape index (κ3) is 4.04. The van der Waals surface area contributed by atoms with Gasteiger partial charge in [-0.25, -0.2) is 0 Å². The summed E-state index contributed by atoms with van der Waals surface area (Å²) in [5.41, 5.74) is 1.76. The van der Waals surface area contributed by atoms with Gasteiger partial charge in [0.25, 0.3) is 5.91 Å². The first-order valence-electron chi connectivity index (χ1n) is 10.9. The molecule has 1 saturated carbocycles. The molecule has 0 spiro atoms. The van der Waals surface area contributed by atoms with Crippen LogP contribution in [0.1, 0.15) is 37.7 Å². The van der Waals surface area contributed by atoms with Crippen LogP contribution < -0.4 is 19.1 Å². The standard InChI is InChI=1S/C24H26N2O5/c27-23(11-12-25-19-7-3-4-8-20(19)29-15-24(25)28)26(18-5-1-2-6-18)14-17-9-10-21-22(13-17)31-16-30-21/h3-4,7-10,13,18H,1-2,5-6,11-12,14-16H2. The Morgan fingerprint density at radius 1 is 1.00 bits per heavy atom. The number of carbonyl (C=O) groups excluding carboxylic acids is 2. The number of hydrogen-bond donors (Lipinski definition) is 0. The summed E-state index contributed by atoms with van der Waals surface area (Å²) < 4.78 is 16.4. The van der Waals surface area contributed by atoms with E-state index in [1.807, 2.05) is 47.4 Å². The molecule has 2 heterocycles. The molecular weight excluding hydrogens is 396 g/mol. The zero-order valence-electron chi connectivity index (χ0n) is 17.4. The normalized spacial score (nSPS) is 17.4. The van der Waals surface area contributed by atoms with Gasteiger partial charge in [-0.2, -0.15) is 0 Å². The van der Waals surface area contributed by atoms with Gasteiger partial charge in [-0.1, -0.05) is 31.0 Å². The van der Waals surface area contributed by atoms with Crippen LogP contribution in [0.5, 0.6) is 17.2 Å². The maximum atomic E-state index is 13.3. The van der Waals surface area contributed by atoms with Gasteiger partial charge in [0.05, 0.1) is 5.69 Å². The number of rotatable bonds is 6. The van der Waals surface area contributed by atoms with Gasteiger partial charge in [-0.15, -0.1) is 0 Å². The molecule has 5 rings (SSSR count). The lowest BCUT2D eigenvalue weighted by molar-refractivity contribution is -0.134. The number of amides is 2. The topological polar surface area (TPSA) is 68.3 Å². The van der Waals surface area contributed by atoms with E-state index in [1.165, 1.54) is 0 Å². The third-order valence-corrected chi connectivity index (χ3v) is 6.23. The highest BCUT2D eigenvalue weighted by atomic mass is 16.7. The number of carbonyl (C=O) groups is 2. The first-order valence-corrected chi connectivity index (χ1v) is 10.9. The van der Waals surface area contributed by atoms with E-state index in [2.05, 4.69) is 0 Å². The van der Waals surface area contributed by atoms with Crippen molar-refractivity contribution in [3.05, 3.63) is 48.0 Å². The number of anilines is 1. The number of hydrogen-bond acceptors (Lipinski definition) is 5. The van der Waals surface area contributed by atoms with Crippen molar-refractivity contribution in [3.8, 4) is 17.2 Å². The average molecular weight is 422 g/mol. The number of benzene rings is 2. The second kappa shape index (κ2) is 8.49. The fraction of sp³-hybridized carbons (Fsp3) is 0.417. The molecule has 0 N–H and O–H groups in total. The Hall–Kier alpha value is -3.22. The van der Waals surface area contributed by atoms with Gasteiger partial charge in [-0.05, 0) is 42.7 Å². The highest BCUT2D eigenvalue weighted by Gasteiger charge is 2.30. The zero-order valence-corrected chi connectivity index (χ0v) is 17.4. The Bertz CT molecular complexity index is 986. The third-order valence-electron chi connectivity index (χ3n) is 6.23. The molecule has 0 radical (unpaired) electrons. The van der Waals surface area contributed by atoms with Crippen molar-refractivity contribution in [3.63, 3.8) is 0 Å². The molecule has 1 aliphatic carbocycles. The molecule has 2 amide bonds. The molecule has 3 aliphatic rings. The van der Waals surface area contributed by atoms with E-state index in [0.717, 1.165) is 48.4 Å². The van der Waals surface area contributed by atoms with Crippen LogP contribution in [-0.4, -0.2) is 42.7 Å². The monoisotopic (exact) mass is 422 g/mol. The van der Waals surface area contributed by atoms with Crippen molar-refractivity contribution in [1.82, 2.24) is 4.90 Å². The quantitative estimate of drug-likeness (QED) is 0.713. The first kappa shape index (κ1) is 19.7. The summed E-state index contributed by atoms with van der Waals surface area (Å²) >= 11 is 0. The molecule has 7 heteroatoms. The van der Waals surface area contributed by atoms with Gasteiger partial charge in [0.15, 0.2) is 18.1 Å². The van der Waals surface area contributed by atoms with Crippen LogP contribution in [-0.2, 0) is 16.1 Å². The minimum absolute atomic E-state index is 0.00867. The minimum Gasteiger partial charge on any atom is -0.482 e. The van der Waals surface area contributed by atoms with Crippen molar-refractivity contribution in [2.45, 2.75) is 44.7 Å². The maximum Gasteiger partial charge on any atom is 0.265 e. The lowest BCUT2D eigenvalue weighted by Gasteiger charge is -2.32. The van der Waals surface area contributed by atoms with Gasteiger partial charge in [0.1, 0.15) is 5.75 Å². The lowest BCUT2D eigenvalue weighted by Crippen LogP contribution is -2.43. The van der Waals surface area contributed by atoms with Crippen LogP contribution in [0.3, 0.4) is 0 Å². The molecule has 0 bridgehead atoms. The summed E-state index contributed by atoms with van der Waals surface area (Å²) in [5.74, 6) is 2.11. The van der Waals surface area contributed by atoms with Gasteiger partial charge < -0.3 is 24.0 Å². The Balaban J connectivity index is 1.30. The van der Waals surface area contributed by atoms with Gasteiger partial charge in [-0.3, -0.25) is 9.59 Å². The summed E-state index contributed by atoms with van der Waals surface area (Å²) in [6, 6.07) is 13.6. The smallest absolute Gasteiger partial charge is 0.265 e. The Labute approximate surface area is 181 Å². The Morgan fingerprint density at radius 3 is 2.68 bits per heavy atom. The largest absolute Gasteiger partial charge is 0.482 e. The van der Waals surface area contributed by atoms with Gasteiger partial charge in [0.2, 0.25) is 12.7 Å². The summed E-state index contributed by atoms with van der Waals surface area (Å²) in [6.45, 7) is 1.13. The Morgan fingerprint density at radius 2 is 1.81 bits per heavy atom. The summed E-state index contributed by atoms with van der Waals surface area (Å²) in [7, 11) is 0. The average Bonchev–Trinajstić information content (AvgIpc) is 3.48. The molecule has 0 atom stereocenters. The van der Waals surface area contributed by atoms with E-state index in [4.69, 9.17) is 14.2 Å². The molecule has 0 saturated heterocycles. The molecule has 7 nitrogen and oxygen atoms in total. The predicted molar refractivity (Wildman–Crippen MR) is 114 cm³/mol. The van der Waals surface area contributed by atoms with Gasteiger partial charge >= 0.3 is 0 Å². The predicted octanol–water partition coefficient (Wildman–Crippen LogP) is 3.50. The van der Waals surface area contributed by atoms with Crippen molar-refractivity contribution in [2.24, 2.45) is 0 Å². The number of para-hydroxylation sites is 2.